The first-order chi connectivity index (χ1) is 10.9. The van der Waals surface area contributed by atoms with E-state index in [0.717, 1.165) is 29.8 Å². The number of quaternary nitrogens is 1. The van der Waals surface area contributed by atoms with E-state index < -0.39 is 0 Å². The first-order valence-corrected chi connectivity index (χ1v) is 8.49. The van der Waals surface area contributed by atoms with E-state index in [-0.39, 0.29) is 23.8 Å². The van der Waals surface area contributed by atoms with Crippen LogP contribution in [0.25, 0.3) is 0 Å². The summed E-state index contributed by atoms with van der Waals surface area (Å²) >= 11 is 12.0. The van der Waals surface area contributed by atoms with Crippen molar-refractivity contribution in [2.75, 3.05) is 19.6 Å². The van der Waals surface area contributed by atoms with Crippen LogP contribution in [-0.2, 0) is 9.59 Å². The Labute approximate surface area is 146 Å². The van der Waals surface area contributed by atoms with Crippen molar-refractivity contribution in [1.29, 1.82) is 0 Å². The summed E-state index contributed by atoms with van der Waals surface area (Å²) in [6.45, 7) is 3.72. The van der Waals surface area contributed by atoms with Gasteiger partial charge in [0, 0.05) is 10.0 Å². The lowest BCUT2D eigenvalue weighted by molar-refractivity contribution is -0.899. The van der Waals surface area contributed by atoms with E-state index in [4.69, 9.17) is 28.9 Å². The molecular weight excluding hydrogens is 337 g/mol. The predicted octanol–water partition coefficient (Wildman–Crippen LogP) is 0.951. The van der Waals surface area contributed by atoms with E-state index in [2.05, 4.69) is 5.32 Å². The molecule has 0 bridgehead atoms. The SMILES string of the molecule is C[C@@H](NC(=O)C[NH+]1CCC[C@H](C(N)=O)C1)c1ccc(Cl)cc1Cl. The van der Waals surface area contributed by atoms with Crippen molar-refractivity contribution >= 4 is 35.0 Å². The van der Waals surface area contributed by atoms with Gasteiger partial charge in [0.25, 0.3) is 5.91 Å². The van der Waals surface area contributed by atoms with Crippen molar-refractivity contribution in [3.05, 3.63) is 33.8 Å². The van der Waals surface area contributed by atoms with Crippen LogP contribution in [0.3, 0.4) is 0 Å². The summed E-state index contributed by atoms with van der Waals surface area (Å²) in [6.07, 6.45) is 1.73. The number of hydrogen-bond acceptors (Lipinski definition) is 2. The van der Waals surface area contributed by atoms with Gasteiger partial charge in [0.15, 0.2) is 6.54 Å². The van der Waals surface area contributed by atoms with Crippen LogP contribution in [0.2, 0.25) is 10.0 Å². The maximum absolute atomic E-state index is 12.2. The molecule has 2 rings (SSSR count). The Morgan fingerprint density at radius 3 is 2.83 bits per heavy atom. The Balaban J connectivity index is 1.90. The van der Waals surface area contributed by atoms with E-state index in [0.29, 0.717) is 23.1 Å². The number of primary amides is 1. The van der Waals surface area contributed by atoms with Gasteiger partial charge in [-0.2, -0.15) is 0 Å². The molecule has 1 aromatic carbocycles. The molecule has 1 heterocycles. The second kappa shape index (κ2) is 7.99. The van der Waals surface area contributed by atoms with Gasteiger partial charge >= 0.3 is 0 Å². The van der Waals surface area contributed by atoms with Crippen LogP contribution in [0, 0.1) is 5.92 Å². The van der Waals surface area contributed by atoms with Crippen LogP contribution in [-0.4, -0.2) is 31.4 Å². The monoisotopic (exact) mass is 358 g/mol. The number of rotatable bonds is 5. The van der Waals surface area contributed by atoms with E-state index >= 15 is 0 Å². The minimum Gasteiger partial charge on any atom is -0.369 e. The topological polar surface area (TPSA) is 76.6 Å². The molecule has 4 N–H and O–H groups in total. The molecule has 3 atom stereocenters. The van der Waals surface area contributed by atoms with Crippen LogP contribution < -0.4 is 16.0 Å². The predicted molar refractivity (Wildman–Crippen MR) is 90.5 cm³/mol. The van der Waals surface area contributed by atoms with Crippen molar-refractivity contribution in [3.63, 3.8) is 0 Å². The quantitative estimate of drug-likeness (QED) is 0.732. The van der Waals surface area contributed by atoms with Gasteiger partial charge in [0.2, 0.25) is 5.91 Å². The van der Waals surface area contributed by atoms with E-state index in [1.807, 2.05) is 13.0 Å². The summed E-state index contributed by atoms with van der Waals surface area (Å²) in [6, 6.07) is 5.02. The average Bonchev–Trinajstić information content (AvgIpc) is 2.47. The second-order valence-corrected chi connectivity index (χ2v) is 6.92. The molecule has 1 fully saturated rings. The maximum atomic E-state index is 12.2. The Morgan fingerprint density at radius 1 is 1.43 bits per heavy atom. The summed E-state index contributed by atoms with van der Waals surface area (Å²) < 4.78 is 0. The van der Waals surface area contributed by atoms with Gasteiger partial charge in [-0.05, 0) is 37.5 Å². The highest BCUT2D eigenvalue weighted by atomic mass is 35.5. The number of piperidine rings is 1. The molecule has 2 amide bonds. The Hall–Kier alpha value is -1.30. The lowest BCUT2D eigenvalue weighted by atomic mass is 9.97. The molecule has 0 aliphatic carbocycles. The zero-order valence-electron chi connectivity index (χ0n) is 13.1. The first kappa shape index (κ1) is 18.0. The average molecular weight is 359 g/mol. The Bertz CT molecular complexity index is 595. The zero-order chi connectivity index (χ0) is 17.0. The molecule has 1 saturated heterocycles. The highest BCUT2D eigenvalue weighted by molar-refractivity contribution is 6.35. The molecule has 7 heteroatoms. The lowest BCUT2D eigenvalue weighted by Gasteiger charge is -2.28. The number of nitrogens with two attached hydrogens (primary N) is 1. The fourth-order valence-electron chi connectivity index (χ4n) is 3.00. The van der Waals surface area contributed by atoms with E-state index in [9.17, 15) is 9.59 Å². The van der Waals surface area contributed by atoms with E-state index in [1.165, 1.54) is 0 Å². The lowest BCUT2D eigenvalue weighted by Crippen LogP contribution is -3.15. The maximum Gasteiger partial charge on any atom is 0.275 e. The molecule has 23 heavy (non-hydrogen) atoms. The van der Waals surface area contributed by atoms with Gasteiger partial charge in [-0.25, -0.2) is 0 Å². The molecule has 1 aliphatic heterocycles. The van der Waals surface area contributed by atoms with Crippen molar-refractivity contribution in [1.82, 2.24) is 5.32 Å². The third-order valence-corrected chi connectivity index (χ3v) is 4.80. The van der Waals surface area contributed by atoms with Crippen molar-refractivity contribution < 1.29 is 14.5 Å². The summed E-state index contributed by atoms with van der Waals surface area (Å²) in [5.74, 6) is -0.470. The number of nitrogens with one attached hydrogen (secondary N) is 2. The smallest absolute Gasteiger partial charge is 0.275 e. The number of amides is 2. The minimum atomic E-state index is -0.274. The molecule has 1 unspecified atom stereocenters. The molecule has 126 valence electrons. The molecule has 5 nitrogen and oxygen atoms in total. The number of carbonyl (C=O) groups excluding carboxylic acids is 2. The van der Waals surface area contributed by atoms with Crippen LogP contribution in [0.15, 0.2) is 18.2 Å². The van der Waals surface area contributed by atoms with Crippen LogP contribution in [0.1, 0.15) is 31.4 Å². The second-order valence-electron chi connectivity index (χ2n) is 6.08. The normalized spacial score (nSPS) is 22.4. The summed E-state index contributed by atoms with van der Waals surface area (Å²) in [5, 5.41) is 4.04. The number of hydrogen-bond donors (Lipinski definition) is 3. The van der Waals surface area contributed by atoms with Gasteiger partial charge in [-0.3, -0.25) is 9.59 Å². The molecule has 0 radical (unpaired) electrons. The fourth-order valence-corrected chi connectivity index (χ4v) is 3.58. The fraction of sp³-hybridized carbons (Fsp3) is 0.500. The standard InChI is InChI=1S/C16H21Cl2N3O2/c1-10(13-5-4-12(17)7-14(13)18)20-15(22)9-21-6-2-3-11(8-21)16(19)23/h4-5,7,10-11H,2-3,6,8-9H2,1H3,(H2,19,23)(H,20,22)/p+1/t10-,11+/m1/s1. The van der Waals surface area contributed by atoms with Gasteiger partial charge < -0.3 is 16.0 Å². The number of halogens is 2. The number of likely N-dealkylation sites (tertiary alicyclic amines) is 1. The van der Waals surface area contributed by atoms with E-state index in [1.54, 1.807) is 12.1 Å². The van der Waals surface area contributed by atoms with Gasteiger partial charge in [-0.15, -0.1) is 0 Å². The van der Waals surface area contributed by atoms with Gasteiger partial charge in [0.1, 0.15) is 0 Å². The van der Waals surface area contributed by atoms with Crippen molar-refractivity contribution in [2.45, 2.75) is 25.8 Å². The Morgan fingerprint density at radius 2 is 2.17 bits per heavy atom. The molecule has 0 aromatic heterocycles. The zero-order valence-corrected chi connectivity index (χ0v) is 14.6. The van der Waals surface area contributed by atoms with Crippen LogP contribution >= 0.6 is 23.2 Å². The molecule has 1 aliphatic rings. The molecule has 0 spiro atoms. The molecule has 1 aromatic rings. The summed E-state index contributed by atoms with van der Waals surface area (Å²) in [5.41, 5.74) is 6.19. The highest BCUT2D eigenvalue weighted by Gasteiger charge is 2.28. The van der Waals surface area contributed by atoms with Crippen molar-refractivity contribution in [3.8, 4) is 0 Å². The minimum absolute atomic E-state index is 0.0661. The number of carbonyl (C=O) groups is 2. The highest BCUT2D eigenvalue weighted by Crippen LogP contribution is 2.25. The third-order valence-electron chi connectivity index (χ3n) is 4.24. The molecular formula is C16H22Cl2N3O2+. The summed E-state index contributed by atoms with van der Waals surface area (Å²) in [7, 11) is 0. The third kappa shape index (κ3) is 5.09. The largest absolute Gasteiger partial charge is 0.369 e. The summed E-state index contributed by atoms with van der Waals surface area (Å²) in [4.78, 5) is 24.6. The first-order valence-electron chi connectivity index (χ1n) is 7.74. The molecule has 0 saturated carbocycles. The Kier molecular flexibility index (Phi) is 6.27. The van der Waals surface area contributed by atoms with Crippen LogP contribution in [0.4, 0.5) is 0 Å². The number of benzene rings is 1. The van der Waals surface area contributed by atoms with Gasteiger partial charge in [0.05, 0.1) is 25.0 Å². The van der Waals surface area contributed by atoms with Crippen LogP contribution in [0.5, 0.6) is 0 Å². The van der Waals surface area contributed by atoms with Crippen molar-refractivity contribution in [2.24, 2.45) is 11.7 Å². The van der Waals surface area contributed by atoms with Gasteiger partial charge in [-0.1, -0.05) is 29.3 Å².